The maximum atomic E-state index is 5.90. The third-order valence-electron chi connectivity index (χ3n) is 2.65. The van der Waals surface area contributed by atoms with E-state index in [4.69, 9.17) is 10.2 Å². The van der Waals surface area contributed by atoms with E-state index in [1.807, 2.05) is 6.92 Å². The lowest BCUT2D eigenvalue weighted by molar-refractivity contribution is 0.509. The molecule has 0 amide bonds. The molecule has 1 aromatic rings. The number of oxazole rings is 1. The standard InChI is InChI=1S/C10H17N3O/c1-8-7-12-10(14-8)13-5-2-3-9(11)4-6-13/h7,9H,2-6,11H2,1H3. The second-order valence-corrected chi connectivity index (χ2v) is 3.93. The van der Waals surface area contributed by atoms with E-state index in [1.165, 1.54) is 0 Å². The molecule has 1 atom stereocenters. The van der Waals surface area contributed by atoms with Crippen LogP contribution in [0.5, 0.6) is 0 Å². The third kappa shape index (κ3) is 2.07. The Bertz CT molecular complexity index is 297. The van der Waals surface area contributed by atoms with Crippen LogP contribution in [0.2, 0.25) is 0 Å². The van der Waals surface area contributed by atoms with Gasteiger partial charge in [-0.15, -0.1) is 0 Å². The zero-order valence-electron chi connectivity index (χ0n) is 8.57. The Labute approximate surface area is 84.1 Å². The molecule has 0 radical (unpaired) electrons. The molecule has 1 unspecified atom stereocenters. The number of hydrogen-bond acceptors (Lipinski definition) is 4. The molecule has 4 nitrogen and oxygen atoms in total. The maximum absolute atomic E-state index is 5.90. The van der Waals surface area contributed by atoms with Crippen molar-refractivity contribution in [2.24, 2.45) is 5.73 Å². The van der Waals surface area contributed by atoms with Crippen LogP contribution in [0.25, 0.3) is 0 Å². The Morgan fingerprint density at radius 3 is 3.07 bits per heavy atom. The monoisotopic (exact) mass is 195 g/mol. The number of aryl methyl sites for hydroxylation is 1. The molecule has 0 aliphatic carbocycles. The lowest BCUT2D eigenvalue weighted by Crippen LogP contribution is -2.26. The van der Waals surface area contributed by atoms with Crippen molar-refractivity contribution in [1.82, 2.24) is 4.98 Å². The summed E-state index contributed by atoms with van der Waals surface area (Å²) < 4.78 is 5.49. The van der Waals surface area contributed by atoms with Crippen LogP contribution in [0.15, 0.2) is 10.6 Å². The smallest absolute Gasteiger partial charge is 0.297 e. The first-order valence-electron chi connectivity index (χ1n) is 5.18. The Morgan fingerprint density at radius 1 is 1.50 bits per heavy atom. The van der Waals surface area contributed by atoms with Crippen LogP contribution in [-0.2, 0) is 0 Å². The third-order valence-corrected chi connectivity index (χ3v) is 2.65. The van der Waals surface area contributed by atoms with Gasteiger partial charge in [-0.2, -0.15) is 0 Å². The summed E-state index contributed by atoms with van der Waals surface area (Å²) in [4.78, 5) is 6.41. The fraction of sp³-hybridized carbons (Fsp3) is 0.700. The zero-order chi connectivity index (χ0) is 9.97. The normalized spacial score (nSPS) is 23.6. The molecule has 0 bridgehead atoms. The van der Waals surface area contributed by atoms with E-state index in [0.29, 0.717) is 6.04 Å². The largest absolute Gasteiger partial charge is 0.429 e. The Kier molecular flexibility index (Phi) is 2.72. The van der Waals surface area contributed by atoms with Crippen molar-refractivity contribution in [3.63, 3.8) is 0 Å². The summed E-state index contributed by atoms with van der Waals surface area (Å²) in [7, 11) is 0. The second-order valence-electron chi connectivity index (χ2n) is 3.93. The predicted octanol–water partition coefficient (Wildman–Crippen LogP) is 1.30. The number of aromatic nitrogens is 1. The minimum atomic E-state index is 0.344. The van der Waals surface area contributed by atoms with Crippen LogP contribution < -0.4 is 10.6 Å². The van der Waals surface area contributed by atoms with Gasteiger partial charge in [-0.25, -0.2) is 4.98 Å². The van der Waals surface area contributed by atoms with E-state index in [9.17, 15) is 0 Å². The number of nitrogens with zero attached hydrogens (tertiary/aromatic N) is 2. The fourth-order valence-electron chi connectivity index (χ4n) is 1.80. The van der Waals surface area contributed by atoms with Gasteiger partial charge >= 0.3 is 0 Å². The van der Waals surface area contributed by atoms with Crippen molar-refractivity contribution >= 4 is 6.01 Å². The van der Waals surface area contributed by atoms with Crippen molar-refractivity contribution in [1.29, 1.82) is 0 Å². The maximum Gasteiger partial charge on any atom is 0.297 e. The van der Waals surface area contributed by atoms with Gasteiger partial charge in [0.05, 0.1) is 6.20 Å². The number of anilines is 1. The van der Waals surface area contributed by atoms with Crippen LogP contribution in [0, 0.1) is 6.92 Å². The molecule has 1 saturated heterocycles. The first-order valence-corrected chi connectivity index (χ1v) is 5.18. The average molecular weight is 195 g/mol. The van der Waals surface area contributed by atoms with Crippen molar-refractivity contribution < 1.29 is 4.42 Å². The summed E-state index contributed by atoms with van der Waals surface area (Å²) in [5, 5.41) is 0. The molecule has 14 heavy (non-hydrogen) atoms. The average Bonchev–Trinajstić information content (AvgIpc) is 2.46. The number of nitrogens with two attached hydrogens (primary N) is 1. The molecule has 4 heteroatoms. The van der Waals surface area contributed by atoms with Gasteiger partial charge in [-0.05, 0) is 26.2 Å². The van der Waals surface area contributed by atoms with Gasteiger partial charge in [0.15, 0.2) is 0 Å². The van der Waals surface area contributed by atoms with Crippen molar-refractivity contribution in [2.75, 3.05) is 18.0 Å². The van der Waals surface area contributed by atoms with E-state index < -0.39 is 0 Å². The highest BCUT2D eigenvalue weighted by atomic mass is 16.4. The lowest BCUT2D eigenvalue weighted by Gasteiger charge is -2.17. The summed E-state index contributed by atoms with van der Waals surface area (Å²) >= 11 is 0. The van der Waals surface area contributed by atoms with Crippen molar-refractivity contribution in [3.8, 4) is 0 Å². The first-order chi connectivity index (χ1) is 6.75. The Morgan fingerprint density at radius 2 is 2.36 bits per heavy atom. The van der Waals surface area contributed by atoms with Crippen LogP contribution in [0.3, 0.4) is 0 Å². The van der Waals surface area contributed by atoms with Gasteiger partial charge in [0, 0.05) is 19.1 Å². The lowest BCUT2D eigenvalue weighted by atomic mass is 10.1. The van der Waals surface area contributed by atoms with Crippen LogP contribution in [0.1, 0.15) is 25.0 Å². The molecule has 78 valence electrons. The molecule has 0 saturated carbocycles. The predicted molar refractivity (Wildman–Crippen MR) is 55.3 cm³/mol. The highest BCUT2D eigenvalue weighted by Gasteiger charge is 2.17. The van der Waals surface area contributed by atoms with Crippen LogP contribution in [0.4, 0.5) is 6.01 Å². The number of rotatable bonds is 1. The van der Waals surface area contributed by atoms with E-state index >= 15 is 0 Å². The highest BCUT2D eigenvalue weighted by molar-refractivity contribution is 5.26. The van der Waals surface area contributed by atoms with Gasteiger partial charge in [0.25, 0.3) is 6.01 Å². The van der Waals surface area contributed by atoms with Crippen molar-refractivity contribution in [3.05, 3.63) is 12.0 Å². The quantitative estimate of drug-likeness (QED) is 0.734. The van der Waals surface area contributed by atoms with E-state index in [0.717, 1.165) is 44.1 Å². The summed E-state index contributed by atoms with van der Waals surface area (Å²) in [5.74, 6) is 0.869. The summed E-state index contributed by atoms with van der Waals surface area (Å²) in [6.45, 7) is 3.88. The highest BCUT2D eigenvalue weighted by Crippen LogP contribution is 2.18. The molecule has 0 spiro atoms. The molecule has 2 N–H and O–H groups in total. The Balaban J connectivity index is 2.04. The molecule has 1 aliphatic heterocycles. The van der Waals surface area contributed by atoms with E-state index in [1.54, 1.807) is 6.20 Å². The molecule has 1 aliphatic rings. The van der Waals surface area contributed by atoms with E-state index in [2.05, 4.69) is 9.88 Å². The van der Waals surface area contributed by atoms with Gasteiger partial charge in [-0.1, -0.05) is 0 Å². The zero-order valence-corrected chi connectivity index (χ0v) is 8.57. The summed E-state index contributed by atoms with van der Waals surface area (Å²) in [5.41, 5.74) is 5.90. The van der Waals surface area contributed by atoms with Crippen LogP contribution in [-0.4, -0.2) is 24.1 Å². The van der Waals surface area contributed by atoms with Gasteiger partial charge < -0.3 is 15.1 Å². The topological polar surface area (TPSA) is 55.3 Å². The molecule has 2 rings (SSSR count). The molecule has 2 heterocycles. The fourth-order valence-corrected chi connectivity index (χ4v) is 1.80. The molecular formula is C10H17N3O. The first kappa shape index (κ1) is 9.52. The summed E-state index contributed by atoms with van der Waals surface area (Å²) in [6.07, 6.45) is 5.03. The number of hydrogen-bond donors (Lipinski definition) is 1. The minimum Gasteiger partial charge on any atom is -0.429 e. The molecule has 1 fully saturated rings. The summed E-state index contributed by atoms with van der Waals surface area (Å²) in [6, 6.07) is 1.09. The van der Waals surface area contributed by atoms with Gasteiger partial charge in [-0.3, -0.25) is 0 Å². The molecular weight excluding hydrogens is 178 g/mol. The van der Waals surface area contributed by atoms with Crippen molar-refractivity contribution in [2.45, 2.75) is 32.2 Å². The van der Waals surface area contributed by atoms with Gasteiger partial charge in [0.1, 0.15) is 5.76 Å². The molecule has 1 aromatic heterocycles. The Hall–Kier alpha value is -1.03. The molecule has 0 aromatic carbocycles. The minimum absolute atomic E-state index is 0.344. The van der Waals surface area contributed by atoms with Crippen LogP contribution >= 0.6 is 0 Å². The second kappa shape index (κ2) is 4.00. The SMILES string of the molecule is Cc1cnc(N2CCCC(N)CC2)o1. The van der Waals surface area contributed by atoms with E-state index in [-0.39, 0.29) is 0 Å². The van der Waals surface area contributed by atoms with Gasteiger partial charge in [0.2, 0.25) is 0 Å².